The molecule has 1 aliphatic carbocycles. The molecule has 26 heavy (non-hydrogen) atoms. The monoisotopic (exact) mass is 366 g/mol. The van der Waals surface area contributed by atoms with Gasteiger partial charge in [-0.05, 0) is 63.2 Å². The van der Waals surface area contributed by atoms with E-state index in [1.54, 1.807) is 0 Å². The number of cyclic esters (lactones) is 1. The number of ether oxygens (including phenoxy) is 3. The SMILES string of the molecule is CCCC1COC(C2CCC(C(C)C3CCC(CC)C(=O)O3)CC2)OC1. The van der Waals surface area contributed by atoms with Crippen LogP contribution in [0.1, 0.15) is 78.6 Å². The van der Waals surface area contributed by atoms with E-state index in [0.29, 0.717) is 23.7 Å². The summed E-state index contributed by atoms with van der Waals surface area (Å²) in [5.74, 6) is 2.43. The minimum atomic E-state index is 0.0113. The molecular formula is C22H38O4. The fraction of sp³-hybridized carbons (Fsp3) is 0.955. The Morgan fingerprint density at radius 1 is 1.00 bits per heavy atom. The summed E-state index contributed by atoms with van der Waals surface area (Å²) in [6.45, 7) is 8.33. The van der Waals surface area contributed by atoms with Crippen molar-refractivity contribution < 1.29 is 19.0 Å². The van der Waals surface area contributed by atoms with Crippen molar-refractivity contribution in [2.45, 2.75) is 91.0 Å². The van der Waals surface area contributed by atoms with Crippen molar-refractivity contribution in [1.29, 1.82) is 0 Å². The number of carbonyl (C=O) groups is 1. The second kappa shape index (κ2) is 9.54. The van der Waals surface area contributed by atoms with Crippen LogP contribution in [0.4, 0.5) is 0 Å². The second-order valence-corrected chi connectivity index (χ2v) is 8.88. The van der Waals surface area contributed by atoms with E-state index in [-0.39, 0.29) is 24.3 Å². The molecule has 150 valence electrons. The fourth-order valence-electron chi connectivity index (χ4n) is 5.18. The Morgan fingerprint density at radius 3 is 2.27 bits per heavy atom. The summed E-state index contributed by atoms with van der Waals surface area (Å²) in [6, 6.07) is 0. The molecule has 0 aromatic carbocycles. The molecule has 3 aliphatic rings. The number of esters is 1. The molecule has 0 aromatic rings. The van der Waals surface area contributed by atoms with Gasteiger partial charge in [0.1, 0.15) is 6.10 Å². The van der Waals surface area contributed by atoms with E-state index in [4.69, 9.17) is 14.2 Å². The van der Waals surface area contributed by atoms with Crippen molar-refractivity contribution in [3.05, 3.63) is 0 Å². The van der Waals surface area contributed by atoms with Crippen LogP contribution in [0, 0.1) is 29.6 Å². The fourth-order valence-corrected chi connectivity index (χ4v) is 5.18. The van der Waals surface area contributed by atoms with E-state index >= 15 is 0 Å². The Morgan fingerprint density at radius 2 is 1.69 bits per heavy atom. The molecule has 0 radical (unpaired) electrons. The largest absolute Gasteiger partial charge is 0.462 e. The molecule has 1 saturated carbocycles. The van der Waals surface area contributed by atoms with Crippen molar-refractivity contribution >= 4 is 5.97 Å². The molecule has 2 heterocycles. The topological polar surface area (TPSA) is 44.8 Å². The van der Waals surface area contributed by atoms with E-state index in [9.17, 15) is 4.79 Å². The Hall–Kier alpha value is -0.610. The summed E-state index contributed by atoms with van der Waals surface area (Å²) in [6.07, 6.45) is 10.3. The standard InChI is InChI=1S/C22H38O4/c1-4-6-16-13-24-22(25-14-16)19-9-7-18(8-10-19)15(3)20-12-11-17(5-2)21(23)26-20/h15-20,22H,4-14H2,1-3H3. The lowest BCUT2D eigenvalue weighted by molar-refractivity contribution is -0.230. The summed E-state index contributed by atoms with van der Waals surface area (Å²) in [7, 11) is 0. The molecule has 2 aliphatic heterocycles. The second-order valence-electron chi connectivity index (χ2n) is 8.88. The smallest absolute Gasteiger partial charge is 0.309 e. The van der Waals surface area contributed by atoms with Gasteiger partial charge in [0.25, 0.3) is 0 Å². The average molecular weight is 367 g/mol. The van der Waals surface area contributed by atoms with Gasteiger partial charge in [0.15, 0.2) is 6.29 Å². The molecule has 3 unspecified atom stereocenters. The number of hydrogen-bond acceptors (Lipinski definition) is 4. The minimum Gasteiger partial charge on any atom is -0.462 e. The number of rotatable bonds is 6. The van der Waals surface area contributed by atoms with Crippen molar-refractivity contribution in [3.8, 4) is 0 Å². The van der Waals surface area contributed by atoms with Crippen LogP contribution in [-0.4, -0.2) is 31.6 Å². The number of hydrogen-bond donors (Lipinski definition) is 0. The van der Waals surface area contributed by atoms with Gasteiger partial charge in [-0.25, -0.2) is 0 Å². The average Bonchev–Trinajstić information content (AvgIpc) is 2.68. The van der Waals surface area contributed by atoms with Gasteiger partial charge in [0.2, 0.25) is 0 Å². The maximum Gasteiger partial charge on any atom is 0.309 e. The van der Waals surface area contributed by atoms with Gasteiger partial charge in [-0.2, -0.15) is 0 Å². The maximum absolute atomic E-state index is 12.1. The molecule has 3 rings (SSSR count). The first-order valence-corrected chi connectivity index (χ1v) is 11.1. The normalized spacial score (nSPS) is 40.0. The minimum absolute atomic E-state index is 0.0113. The van der Waals surface area contributed by atoms with Crippen molar-refractivity contribution in [1.82, 2.24) is 0 Å². The van der Waals surface area contributed by atoms with Crippen LogP contribution >= 0.6 is 0 Å². The Bertz CT molecular complexity index is 435. The van der Waals surface area contributed by atoms with Gasteiger partial charge in [-0.15, -0.1) is 0 Å². The summed E-state index contributed by atoms with van der Waals surface area (Å²) < 4.78 is 17.9. The highest BCUT2D eigenvalue weighted by Gasteiger charge is 2.38. The van der Waals surface area contributed by atoms with Crippen LogP contribution < -0.4 is 0 Å². The van der Waals surface area contributed by atoms with Crippen molar-refractivity contribution in [3.63, 3.8) is 0 Å². The molecule has 3 fully saturated rings. The third-order valence-corrected chi connectivity index (χ3v) is 7.11. The predicted molar refractivity (Wildman–Crippen MR) is 102 cm³/mol. The Kier molecular flexibility index (Phi) is 7.39. The van der Waals surface area contributed by atoms with Crippen LogP contribution in [0.15, 0.2) is 0 Å². The van der Waals surface area contributed by atoms with Crippen LogP contribution in [0.3, 0.4) is 0 Å². The molecule has 4 heteroatoms. The third kappa shape index (κ3) is 4.81. The first kappa shape index (κ1) is 20.1. The van der Waals surface area contributed by atoms with Crippen LogP contribution in [-0.2, 0) is 19.0 Å². The van der Waals surface area contributed by atoms with Gasteiger partial charge < -0.3 is 14.2 Å². The highest BCUT2D eigenvalue weighted by atomic mass is 16.7. The third-order valence-electron chi connectivity index (χ3n) is 7.11. The van der Waals surface area contributed by atoms with E-state index in [0.717, 1.165) is 32.5 Å². The zero-order valence-electron chi connectivity index (χ0n) is 17.0. The van der Waals surface area contributed by atoms with Gasteiger partial charge >= 0.3 is 5.97 Å². The summed E-state index contributed by atoms with van der Waals surface area (Å²) in [5, 5.41) is 0. The zero-order chi connectivity index (χ0) is 18.5. The van der Waals surface area contributed by atoms with Gasteiger partial charge in [0, 0.05) is 11.8 Å². The van der Waals surface area contributed by atoms with E-state index < -0.39 is 0 Å². The van der Waals surface area contributed by atoms with Gasteiger partial charge in [0.05, 0.1) is 19.1 Å². The number of carbonyl (C=O) groups excluding carboxylic acids is 1. The molecule has 0 bridgehead atoms. The molecular weight excluding hydrogens is 328 g/mol. The van der Waals surface area contributed by atoms with Crippen molar-refractivity contribution in [2.75, 3.05) is 13.2 Å². The summed E-state index contributed by atoms with van der Waals surface area (Å²) in [5.41, 5.74) is 0. The molecule has 0 spiro atoms. The molecule has 0 amide bonds. The first-order valence-electron chi connectivity index (χ1n) is 11.1. The van der Waals surface area contributed by atoms with E-state index in [1.807, 2.05) is 0 Å². The predicted octanol–water partition coefficient (Wildman–Crippen LogP) is 4.95. The maximum atomic E-state index is 12.1. The quantitative estimate of drug-likeness (QED) is 0.624. The molecule has 4 nitrogen and oxygen atoms in total. The molecule has 3 atom stereocenters. The molecule has 0 aromatic heterocycles. The summed E-state index contributed by atoms with van der Waals surface area (Å²) in [4.78, 5) is 12.1. The Labute approximate surface area is 159 Å². The van der Waals surface area contributed by atoms with Crippen LogP contribution in [0.5, 0.6) is 0 Å². The van der Waals surface area contributed by atoms with Crippen LogP contribution in [0.25, 0.3) is 0 Å². The first-order chi connectivity index (χ1) is 12.6. The van der Waals surface area contributed by atoms with Crippen molar-refractivity contribution in [2.24, 2.45) is 29.6 Å². The van der Waals surface area contributed by atoms with E-state index in [2.05, 4.69) is 20.8 Å². The Balaban J connectivity index is 1.42. The zero-order valence-corrected chi connectivity index (χ0v) is 17.0. The van der Waals surface area contributed by atoms with Crippen LogP contribution in [0.2, 0.25) is 0 Å². The van der Waals surface area contributed by atoms with Gasteiger partial charge in [-0.1, -0.05) is 27.2 Å². The highest BCUT2D eigenvalue weighted by molar-refractivity contribution is 5.73. The highest BCUT2D eigenvalue weighted by Crippen LogP contribution is 2.40. The molecule has 2 saturated heterocycles. The lowest BCUT2D eigenvalue weighted by Gasteiger charge is -2.41. The summed E-state index contributed by atoms with van der Waals surface area (Å²) >= 11 is 0. The molecule has 0 N–H and O–H groups in total. The lowest BCUT2D eigenvalue weighted by Crippen LogP contribution is -2.41. The van der Waals surface area contributed by atoms with E-state index in [1.165, 1.54) is 38.5 Å². The van der Waals surface area contributed by atoms with Gasteiger partial charge in [-0.3, -0.25) is 4.79 Å². The lowest BCUT2D eigenvalue weighted by atomic mass is 9.73.